The summed E-state index contributed by atoms with van der Waals surface area (Å²) in [6.45, 7) is 4.94. The van der Waals surface area contributed by atoms with Crippen LogP contribution in [0.4, 0.5) is 11.4 Å². The van der Waals surface area contributed by atoms with E-state index in [-0.39, 0.29) is 18.2 Å². The van der Waals surface area contributed by atoms with Gasteiger partial charge in [0.25, 0.3) is 0 Å². The average molecular weight is 337 g/mol. The molecule has 1 aliphatic heterocycles. The SMILES string of the molecule is Cc1cccc(N2CCN(C(=O)CC(=O)Nc3ccccc3)CC2)c1. The molecule has 1 saturated heterocycles. The van der Waals surface area contributed by atoms with Crippen LogP contribution in [-0.2, 0) is 9.59 Å². The van der Waals surface area contributed by atoms with Crippen molar-refractivity contribution in [3.63, 3.8) is 0 Å². The number of nitrogens with one attached hydrogen (secondary N) is 1. The number of aryl methyl sites for hydroxylation is 1. The van der Waals surface area contributed by atoms with E-state index < -0.39 is 0 Å². The fraction of sp³-hybridized carbons (Fsp3) is 0.300. The lowest BCUT2D eigenvalue weighted by atomic mass is 10.2. The number of anilines is 2. The average Bonchev–Trinajstić information content (AvgIpc) is 2.62. The van der Waals surface area contributed by atoms with Gasteiger partial charge in [0.2, 0.25) is 11.8 Å². The van der Waals surface area contributed by atoms with Gasteiger partial charge in [0.1, 0.15) is 6.42 Å². The van der Waals surface area contributed by atoms with E-state index in [0.717, 1.165) is 13.1 Å². The minimum atomic E-state index is -0.266. The van der Waals surface area contributed by atoms with Gasteiger partial charge in [0.05, 0.1) is 0 Å². The summed E-state index contributed by atoms with van der Waals surface area (Å²) in [5.41, 5.74) is 3.13. The maximum Gasteiger partial charge on any atom is 0.233 e. The van der Waals surface area contributed by atoms with Crippen LogP contribution in [0.1, 0.15) is 12.0 Å². The van der Waals surface area contributed by atoms with Crippen LogP contribution in [0.25, 0.3) is 0 Å². The minimum absolute atomic E-state index is 0.112. The summed E-state index contributed by atoms with van der Waals surface area (Å²) < 4.78 is 0. The van der Waals surface area contributed by atoms with Crippen LogP contribution in [0, 0.1) is 6.92 Å². The van der Waals surface area contributed by atoms with Crippen LogP contribution in [0.3, 0.4) is 0 Å². The summed E-state index contributed by atoms with van der Waals surface area (Å²) in [7, 11) is 0. The molecule has 0 aliphatic carbocycles. The van der Waals surface area contributed by atoms with Gasteiger partial charge < -0.3 is 15.1 Å². The quantitative estimate of drug-likeness (QED) is 0.873. The van der Waals surface area contributed by atoms with Crippen LogP contribution >= 0.6 is 0 Å². The second kappa shape index (κ2) is 7.83. The lowest BCUT2D eigenvalue weighted by Crippen LogP contribution is -2.49. The zero-order chi connectivity index (χ0) is 17.6. The Morgan fingerprint density at radius 2 is 1.68 bits per heavy atom. The number of carbonyl (C=O) groups is 2. The molecule has 1 fully saturated rings. The van der Waals surface area contributed by atoms with Crippen molar-refractivity contribution in [2.45, 2.75) is 13.3 Å². The normalized spacial score (nSPS) is 14.3. The highest BCUT2D eigenvalue weighted by atomic mass is 16.2. The third kappa shape index (κ3) is 4.59. The number of carbonyl (C=O) groups excluding carboxylic acids is 2. The van der Waals surface area contributed by atoms with Crippen molar-refractivity contribution < 1.29 is 9.59 Å². The van der Waals surface area contributed by atoms with Gasteiger partial charge in [-0.05, 0) is 36.8 Å². The Kier molecular flexibility index (Phi) is 5.33. The molecule has 2 aromatic rings. The van der Waals surface area contributed by atoms with Crippen LogP contribution in [0.5, 0.6) is 0 Å². The molecule has 5 nitrogen and oxygen atoms in total. The Morgan fingerprint density at radius 3 is 2.36 bits per heavy atom. The van der Waals surface area contributed by atoms with Crippen molar-refractivity contribution >= 4 is 23.2 Å². The number of hydrogen-bond acceptors (Lipinski definition) is 3. The molecule has 0 atom stereocenters. The maximum atomic E-state index is 12.3. The van der Waals surface area contributed by atoms with Crippen LogP contribution < -0.4 is 10.2 Å². The lowest BCUT2D eigenvalue weighted by molar-refractivity contribution is -0.134. The van der Waals surface area contributed by atoms with E-state index in [2.05, 4.69) is 41.4 Å². The molecular weight excluding hydrogens is 314 g/mol. The Labute approximate surface area is 148 Å². The second-order valence-electron chi connectivity index (χ2n) is 6.30. The van der Waals surface area contributed by atoms with Gasteiger partial charge in [-0.3, -0.25) is 9.59 Å². The number of para-hydroxylation sites is 1. The molecule has 0 unspecified atom stereocenters. The molecule has 0 spiro atoms. The van der Waals surface area contributed by atoms with Crippen molar-refractivity contribution in [2.75, 3.05) is 36.4 Å². The summed E-state index contributed by atoms with van der Waals surface area (Å²) in [6.07, 6.45) is -0.112. The van der Waals surface area contributed by atoms with Gasteiger partial charge in [0.15, 0.2) is 0 Å². The molecule has 5 heteroatoms. The number of piperazine rings is 1. The maximum absolute atomic E-state index is 12.3. The number of benzene rings is 2. The van der Waals surface area contributed by atoms with Crippen molar-refractivity contribution in [2.24, 2.45) is 0 Å². The van der Waals surface area contributed by atoms with Gasteiger partial charge in [-0.2, -0.15) is 0 Å². The summed E-state index contributed by atoms with van der Waals surface area (Å²) in [4.78, 5) is 28.4. The van der Waals surface area contributed by atoms with Gasteiger partial charge in [-0.25, -0.2) is 0 Å². The third-order valence-corrected chi connectivity index (χ3v) is 4.37. The zero-order valence-corrected chi connectivity index (χ0v) is 14.4. The molecular formula is C20H23N3O2. The predicted octanol–water partition coefficient (Wildman–Crippen LogP) is 2.67. The topological polar surface area (TPSA) is 52.7 Å². The van der Waals surface area contributed by atoms with Crippen LogP contribution in [0.15, 0.2) is 54.6 Å². The van der Waals surface area contributed by atoms with Gasteiger partial charge in [-0.15, -0.1) is 0 Å². The minimum Gasteiger partial charge on any atom is -0.368 e. The Hall–Kier alpha value is -2.82. The van der Waals surface area contributed by atoms with E-state index in [4.69, 9.17) is 0 Å². The smallest absolute Gasteiger partial charge is 0.233 e. The molecule has 130 valence electrons. The molecule has 0 radical (unpaired) electrons. The molecule has 2 amide bonds. The van der Waals surface area contributed by atoms with Crippen molar-refractivity contribution in [1.29, 1.82) is 0 Å². The molecule has 1 N–H and O–H groups in total. The third-order valence-electron chi connectivity index (χ3n) is 4.37. The number of nitrogens with zero attached hydrogens (tertiary/aromatic N) is 2. The molecule has 1 heterocycles. The first-order valence-electron chi connectivity index (χ1n) is 8.56. The molecule has 3 rings (SSSR count). The van der Waals surface area contributed by atoms with E-state index in [0.29, 0.717) is 18.8 Å². The highest BCUT2D eigenvalue weighted by Gasteiger charge is 2.23. The van der Waals surface area contributed by atoms with E-state index in [9.17, 15) is 9.59 Å². The Balaban J connectivity index is 1.49. The second-order valence-corrected chi connectivity index (χ2v) is 6.30. The molecule has 25 heavy (non-hydrogen) atoms. The number of rotatable bonds is 4. The first kappa shape index (κ1) is 17.0. The molecule has 0 saturated carbocycles. The van der Waals surface area contributed by atoms with Crippen molar-refractivity contribution in [3.8, 4) is 0 Å². The highest BCUT2D eigenvalue weighted by molar-refractivity contribution is 6.03. The molecule has 0 bridgehead atoms. The Morgan fingerprint density at radius 1 is 0.960 bits per heavy atom. The summed E-state index contributed by atoms with van der Waals surface area (Å²) in [5, 5.41) is 2.76. The standard InChI is InChI=1S/C20H23N3O2/c1-16-6-5-9-18(14-16)22-10-12-23(13-11-22)20(25)15-19(24)21-17-7-3-2-4-8-17/h2-9,14H,10-13,15H2,1H3,(H,21,24). The van der Waals surface area contributed by atoms with Gasteiger partial charge in [0, 0.05) is 37.6 Å². The van der Waals surface area contributed by atoms with Crippen LogP contribution in [0.2, 0.25) is 0 Å². The molecule has 1 aliphatic rings. The predicted molar refractivity (Wildman–Crippen MR) is 99.7 cm³/mol. The van der Waals surface area contributed by atoms with Crippen molar-refractivity contribution in [1.82, 2.24) is 4.90 Å². The monoisotopic (exact) mass is 337 g/mol. The fourth-order valence-electron chi connectivity index (χ4n) is 3.01. The summed E-state index contributed by atoms with van der Waals surface area (Å²) >= 11 is 0. The zero-order valence-electron chi connectivity index (χ0n) is 14.4. The van der Waals surface area contributed by atoms with Crippen LogP contribution in [-0.4, -0.2) is 42.9 Å². The summed E-state index contributed by atoms with van der Waals surface area (Å²) in [5.74, 6) is -0.380. The van der Waals surface area contributed by atoms with Gasteiger partial charge in [-0.1, -0.05) is 30.3 Å². The molecule has 0 aromatic heterocycles. The first-order chi connectivity index (χ1) is 12.1. The van der Waals surface area contributed by atoms with E-state index in [1.54, 1.807) is 4.90 Å². The molecule has 2 aromatic carbocycles. The Bertz CT molecular complexity index is 738. The summed E-state index contributed by atoms with van der Waals surface area (Å²) in [6, 6.07) is 17.6. The first-order valence-corrected chi connectivity index (χ1v) is 8.56. The van der Waals surface area contributed by atoms with Crippen molar-refractivity contribution in [3.05, 3.63) is 60.2 Å². The van der Waals surface area contributed by atoms with E-state index in [1.165, 1.54) is 11.3 Å². The lowest BCUT2D eigenvalue weighted by Gasteiger charge is -2.36. The highest BCUT2D eigenvalue weighted by Crippen LogP contribution is 2.18. The van der Waals surface area contributed by atoms with E-state index in [1.807, 2.05) is 30.3 Å². The van der Waals surface area contributed by atoms with E-state index >= 15 is 0 Å². The van der Waals surface area contributed by atoms with Gasteiger partial charge >= 0.3 is 0 Å². The fourth-order valence-corrected chi connectivity index (χ4v) is 3.01. The number of amides is 2. The largest absolute Gasteiger partial charge is 0.368 e. The number of hydrogen-bond donors (Lipinski definition) is 1.